The molecular weight excluding hydrogens is 226 g/mol. The van der Waals surface area contributed by atoms with E-state index in [4.69, 9.17) is 5.73 Å². The molecule has 1 aliphatic rings. The van der Waals surface area contributed by atoms with Gasteiger partial charge in [-0.3, -0.25) is 4.79 Å². The highest BCUT2D eigenvalue weighted by Crippen LogP contribution is 2.28. The Morgan fingerprint density at radius 3 is 2.94 bits per heavy atom. The number of carbonyl (C=O) groups is 1. The lowest BCUT2D eigenvalue weighted by Gasteiger charge is -2.38. The first-order valence-electron chi connectivity index (χ1n) is 6.31. The first kappa shape index (κ1) is 11.3. The Labute approximate surface area is 106 Å². The number of aromatic nitrogens is 1. The van der Waals surface area contributed by atoms with Crippen molar-refractivity contribution in [2.24, 2.45) is 5.73 Å². The average molecular weight is 243 g/mol. The summed E-state index contributed by atoms with van der Waals surface area (Å²) in [5, 5.41) is 3.90. The third kappa shape index (κ3) is 1.88. The Bertz CT molecular complexity index is 583. The molecule has 0 unspecified atom stereocenters. The molecule has 0 spiro atoms. The molecule has 0 radical (unpaired) electrons. The maximum Gasteiger partial charge on any atom is 0.252 e. The zero-order valence-corrected chi connectivity index (χ0v) is 10.2. The van der Waals surface area contributed by atoms with Crippen molar-refractivity contribution in [3.05, 3.63) is 36.0 Å². The molecule has 1 aromatic heterocycles. The topological polar surface area (TPSA) is 70.9 Å². The molecule has 0 bridgehead atoms. The second kappa shape index (κ2) is 4.14. The van der Waals surface area contributed by atoms with Gasteiger partial charge >= 0.3 is 0 Å². The van der Waals surface area contributed by atoms with Crippen LogP contribution in [0.1, 0.15) is 29.6 Å². The maximum atomic E-state index is 12.2. The molecular formula is C14H17N3O. The summed E-state index contributed by atoms with van der Waals surface area (Å²) in [6, 6.07) is 7.61. The average Bonchev–Trinajstić information content (AvgIpc) is 2.81. The third-order valence-corrected chi connectivity index (χ3v) is 3.79. The summed E-state index contributed by atoms with van der Waals surface area (Å²) in [6.45, 7) is 0.562. The number of aromatic amines is 1. The van der Waals surface area contributed by atoms with Gasteiger partial charge in [0.2, 0.25) is 0 Å². The van der Waals surface area contributed by atoms with Crippen LogP contribution in [0.5, 0.6) is 0 Å². The van der Waals surface area contributed by atoms with Crippen LogP contribution in [-0.2, 0) is 0 Å². The molecule has 1 aliphatic carbocycles. The summed E-state index contributed by atoms with van der Waals surface area (Å²) in [5.74, 6) is -0.0445. The molecule has 4 nitrogen and oxygen atoms in total. The number of benzene rings is 1. The first-order valence-corrected chi connectivity index (χ1v) is 6.31. The smallest absolute Gasteiger partial charge is 0.252 e. The zero-order chi connectivity index (χ0) is 12.6. The summed E-state index contributed by atoms with van der Waals surface area (Å²) in [5.41, 5.74) is 7.61. The molecule has 1 fully saturated rings. The van der Waals surface area contributed by atoms with Crippen molar-refractivity contribution in [1.29, 1.82) is 0 Å². The predicted molar refractivity (Wildman–Crippen MR) is 71.4 cm³/mol. The van der Waals surface area contributed by atoms with Gasteiger partial charge in [0.25, 0.3) is 5.91 Å². The van der Waals surface area contributed by atoms with Crippen molar-refractivity contribution in [2.75, 3.05) is 6.54 Å². The largest absolute Gasteiger partial charge is 0.361 e. The molecule has 3 rings (SSSR count). The van der Waals surface area contributed by atoms with Crippen molar-refractivity contribution < 1.29 is 4.79 Å². The molecule has 1 heterocycles. The number of H-pyrrole nitrogens is 1. The van der Waals surface area contributed by atoms with Crippen molar-refractivity contribution in [3.8, 4) is 0 Å². The molecule has 1 saturated carbocycles. The fraction of sp³-hybridized carbons (Fsp3) is 0.357. The van der Waals surface area contributed by atoms with Crippen LogP contribution in [0.3, 0.4) is 0 Å². The van der Waals surface area contributed by atoms with E-state index >= 15 is 0 Å². The van der Waals surface area contributed by atoms with Crippen LogP contribution in [-0.4, -0.2) is 23.0 Å². The number of amides is 1. The van der Waals surface area contributed by atoms with Crippen molar-refractivity contribution in [2.45, 2.75) is 24.8 Å². The normalized spacial score (nSPS) is 17.4. The van der Waals surface area contributed by atoms with Crippen LogP contribution in [0.25, 0.3) is 10.9 Å². The van der Waals surface area contributed by atoms with Gasteiger partial charge in [0.05, 0.1) is 0 Å². The summed E-state index contributed by atoms with van der Waals surface area (Å²) in [4.78, 5) is 15.3. The number of carbonyl (C=O) groups excluding carboxylic acids is 1. The van der Waals surface area contributed by atoms with E-state index in [1.165, 1.54) is 6.42 Å². The number of nitrogens with one attached hydrogen (secondary N) is 2. The van der Waals surface area contributed by atoms with Gasteiger partial charge in [-0.25, -0.2) is 0 Å². The Morgan fingerprint density at radius 1 is 1.39 bits per heavy atom. The number of hydrogen-bond acceptors (Lipinski definition) is 2. The summed E-state index contributed by atoms with van der Waals surface area (Å²) in [6.07, 6.45) is 5.01. The monoisotopic (exact) mass is 243 g/mol. The minimum Gasteiger partial charge on any atom is -0.361 e. The number of hydrogen-bond donors (Lipinski definition) is 3. The standard InChI is InChI=1S/C14H17N3O/c15-14(6-2-7-14)9-17-13(18)11-3-1-4-12-10(11)5-8-16-12/h1,3-5,8,16H,2,6-7,9,15H2,(H,17,18). The highest BCUT2D eigenvalue weighted by atomic mass is 16.1. The summed E-state index contributed by atoms with van der Waals surface area (Å²) >= 11 is 0. The van der Waals surface area contributed by atoms with E-state index in [1.54, 1.807) is 0 Å². The third-order valence-electron chi connectivity index (χ3n) is 3.79. The van der Waals surface area contributed by atoms with E-state index in [1.807, 2.05) is 30.5 Å². The predicted octanol–water partition coefficient (Wildman–Crippen LogP) is 1.78. The van der Waals surface area contributed by atoms with Crippen molar-refractivity contribution in [3.63, 3.8) is 0 Å². The molecule has 0 saturated heterocycles. The van der Waals surface area contributed by atoms with Gasteiger partial charge in [-0.2, -0.15) is 0 Å². The van der Waals surface area contributed by atoms with Crippen LogP contribution in [0, 0.1) is 0 Å². The lowest BCUT2D eigenvalue weighted by atomic mass is 9.78. The Balaban J connectivity index is 1.77. The summed E-state index contributed by atoms with van der Waals surface area (Å²) < 4.78 is 0. The first-order chi connectivity index (χ1) is 8.68. The molecule has 0 atom stereocenters. The quantitative estimate of drug-likeness (QED) is 0.769. The number of fused-ring (bicyclic) bond motifs is 1. The molecule has 0 aliphatic heterocycles. The van der Waals surface area contributed by atoms with Crippen molar-refractivity contribution in [1.82, 2.24) is 10.3 Å². The maximum absolute atomic E-state index is 12.2. The minimum absolute atomic E-state index is 0.0445. The fourth-order valence-electron chi connectivity index (χ4n) is 2.44. The molecule has 4 heteroatoms. The lowest BCUT2D eigenvalue weighted by Crippen LogP contribution is -2.54. The van der Waals surface area contributed by atoms with Crippen LogP contribution in [0.15, 0.2) is 30.5 Å². The fourth-order valence-corrected chi connectivity index (χ4v) is 2.44. The van der Waals surface area contributed by atoms with Crippen LogP contribution >= 0.6 is 0 Å². The molecule has 1 amide bonds. The van der Waals surface area contributed by atoms with Crippen LogP contribution in [0.4, 0.5) is 0 Å². The van der Waals surface area contributed by atoms with Gasteiger partial charge in [-0.15, -0.1) is 0 Å². The molecule has 2 aromatic rings. The van der Waals surface area contributed by atoms with Gasteiger partial charge in [-0.05, 0) is 37.5 Å². The van der Waals surface area contributed by atoms with Crippen molar-refractivity contribution >= 4 is 16.8 Å². The highest BCUT2D eigenvalue weighted by molar-refractivity contribution is 6.06. The molecule has 1 aromatic carbocycles. The van der Waals surface area contributed by atoms with E-state index in [-0.39, 0.29) is 11.4 Å². The minimum atomic E-state index is -0.179. The Morgan fingerprint density at radius 2 is 2.22 bits per heavy atom. The molecule has 18 heavy (non-hydrogen) atoms. The van der Waals surface area contributed by atoms with Gasteiger partial charge in [-0.1, -0.05) is 6.07 Å². The Hall–Kier alpha value is -1.81. The van der Waals surface area contributed by atoms with Crippen LogP contribution in [0.2, 0.25) is 0 Å². The van der Waals surface area contributed by atoms with E-state index in [2.05, 4.69) is 10.3 Å². The second-order valence-corrected chi connectivity index (χ2v) is 5.14. The SMILES string of the molecule is NC1(CNC(=O)c2cccc3[nH]ccc23)CCC1. The van der Waals surface area contributed by atoms with E-state index in [0.29, 0.717) is 12.1 Å². The van der Waals surface area contributed by atoms with Crippen LogP contribution < -0.4 is 11.1 Å². The molecule has 4 N–H and O–H groups in total. The molecule has 94 valence electrons. The highest BCUT2D eigenvalue weighted by Gasteiger charge is 2.32. The lowest BCUT2D eigenvalue weighted by molar-refractivity contribution is 0.0931. The zero-order valence-electron chi connectivity index (χ0n) is 10.2. The van der Waals surface area contributed by atoms with Gasteiger partial charge in [0.15, 0.2) is 0 Å². The van der Waals surface area contributed by atoms with Gasteiger partial charge in [0.1, 0.15) is 0 Å². The van der Waals surface area contributed by atoms with E-state index < -0.39 is 0 Å². The number of rotatable bonds is 3. The Kier molecular flexibility index (Phi) is 2.59. The van der Waals surface area contributed by atoms with Gasteiger partial charge < -0.3 is 16.0 Å². The van der Waals surface area contributed by atoms with E-state index in [0.717, 1.165) is 23.7 Å². The second-order valence-electron chi connectivity index (χ2n) is 5.14. The summed E-state index contributed by atoms with van der Waals surface area (Å²) in [7, 11) is 0. The number of nitrogens with two attached hydrogens (primary N) is 1. The van der Waals surface area contributed by atoms with E-state index in [9.17, 15) is 4.79 Å². The van der Waals surface area contributed by atoms with Gasteiger partial charge in [0, 0.05) is 34.7 Å².